The molecule has 0 aliphatic carbocycles. The molecule has 0 fully saturated rings. The predicted octanol–water partition coefficient (Wildman–Crippen LogP) is 16.4. The summed E-state index contributed by atoms with van der Waals surface area (Å²) < 4.78 is 64.0. The number of fused-ring (bicyclic) bond motifs is 6. The summed E-state index contributed by atoms with van der Waals surface area (Å²) in [5, 5.41) is 14.1. The molecule has 15 rings (SSSR count). The van der Waals surface area contributed by atoms with Crippen molar-refractivity contribution in [2.45, 2.75) is 90.4 Å². The first kappa shape index (κ1) is 71.1. The average molecular weight is 1400 g/mol. The first-order valence-electron chi connectivity index (χ1n) is 35.3. The lowest BCUT2D eigenvalue weighted by Gasteiger charge is -2.14. The number of rotatable bonds is 29. The number of imidazole rings is 3. The van der Waals surface area contributed by atoms with Gasteiger partial charge in [-0.05, 0) is 111 Å². The molecule has 3 atom stereocenters. The van der Waals surface area contributed by atoms with Crippen LogP contribution < -0.4 is 16.0 Å². The van der Waals surface area contributed by atoms with E-state index >= 15 is 0 Å². The lowest BCUT2D eigenvalue weighted by atomic mass is 10.0. The van der Waals surface area contributed by atoms with Crippen LogP contribution in [-0.4, -0.2) is 133 Å². The quantitative estimate of drug-likeness (QED) is 0.0239. The van der Waals surface area contributed by atoms with E-state index in [1.165, 1.54) is 69.6 Å². The number of hydrogen-bond acceptors (Lipinski definition) is 15. The summed E-state index contributed by atoms with van der Waals surface area (Å²) in [5.74, 6) is 1.55. The fourth-order valence-electron chi connectivity index (χ4n) is 13.2. The molecular formula is C80H85F3N18O3. The maximum atomic E-state index is 13.9. The standard InChI is InChI=1S/2C27H29FN6O.C26H27FN6O/c1-18(6-5-11-35-2)25-16-32-27-26(30-10-9-19-14-31-23-8-4-3-7-22(19)23)33-24(17-34(25)27)20-12-21(28)15-29-13-20;1-3-35-11-9-18(2)25-16-32-27-26(30-10-8-19-14-31-23-7-5-4-6-22(19)23)33-24(17-34(25)27)20-12-21(28)15-29-13-20;1-17(8-10-34-2)24-15-31-26-25(29-9-7-18-13-30-22-6-4-3-5-21(18)22)32-23(16-33(24)26)19-11-20(27)14-28-12-19/h3-4,7-8,12-18,31H,5-6,9-11H2,1-2H3,(H,30,33);4-7,12-18,31H,3,8-11H2,1-2H3,(H,30,33);3-6,11-17,30H,7-10H2,1-2H3,(H,29,32). The third-order valence-electron chi connectivity index (χ3n) is 18.8. The van der Waals surface area contributed by atoms with Crippen LogP contribution in [0.1, 0.15) is 105 Å². The molecule has 0 radical (unpaired) electrons. The summed E-state index contributed by atoms with van der Waals surface area (Å²) in [6.45, 7) is 13.3. The summed E-state index contributed by atoms with van der Waals surface area (Å²) in [6.07, 6.45) is 32.2. The molecular weight excluding hydrogens is 1320 g/mol. The molecule has 21 nitrogen and oxygen atoms in total. The molecule has 0 spiro atoms. The number of methoxy groups -OCH3 is 2. The molecule has 0 aliphatic heterocycles. The molecule has 3 aromatic carbocycles. The Labute approximate surface area is 600 Å². The number of anilines is 3. The van der Waals surface area contributed by atoms with Crippen molar-refractivity contribution in [1.29, 1.82) is 0 Å². The number of aromatic nitrogens is 15. The van der Waals surface area contributed by atoms with Gasteiger partial charge in [-0.25, -0.2) is 43.1 Å². The highest BCUT2D eigenvalue weighted by Gasteiger charge is 2.22. The summed E-state index contributed by atoms with van der Waals surface area (Å²) in [6, 6.07) is 29.2. The van der Waals surface area contributed by atoms with E-state index in [4.69, 9.17) is 34.1 Å². The molecule has 0 bridgehead atoms. The number of H-pyrrole nitrogens is 3. The van der Waals surface area contributed by atoms with Crippen molar-refractivity contribution in [2.75, 3.05) is 76.2 Å². The van der Waals surface area contributed by atoms with Gasteiger partial charge < -0.3 is 45.1 Å². The molecule has 0 saturated carbocycles. The molecule has 12 heterocycles. The third-order valence-corrected chi connectivity index (χ3v) is 18.8. The first-order valence-corrected chi connectivity index (χ1v) is 35.3. The second-order valence-corrected chi connectivity index (χ2v) is 25.9. The summed E-state index contributed by atoms with van der Waals surface area (Å²) in [4.78, 5) is 50.5. The van der Waals surface area contributed by atoms with Crippen LogP contribution >= 0.6 is 0 Å². The van der Waals surface area contributed by atoms with Gasteiger partial charge in [0, 0.05) is 213 Å². The first-order chi connectivity index (χ1) is 50.9. The van der Waals surface area contributed by atoms with Crippen molar-refractivity contribution in [1.82, 2.24) is 73.0 Å². The van der Waals surface area contributed by atoms with Gasteiger partial charge in [0.05, 0.1) is 35.7 Å². The van der Waals surface area contributed by atoms with E-state index in [9.17, 15) is 13.2 Å². The second-order valence-electron chi connectivity index (χ2n) is 25.9. The summed E-state index contributed by atoms with van der Waals surface area (Å²) in [5.41, 5.74) is 16.3. The van der Waals surface area contributed by atoms with Gasteiger partial charge in [0.25, 0.3) is 0 Å². The van der Waals surface area contributed by atoms with Crippen LogP contribution in [0.25, 0.3) is 83.4 Å². The number of nitrogens with zero attached hydrogens (tertiary/aromatic N) is 12. The Morgan fingerprint density at radius 2 is 0.779 bits per heavy atom. The maximum absolute atomic E-state index is 13.9. The number of ether oxygens (including phenoxy) is 3. The second kappa shape index (κ2) is 33.6. The molecule has 3 unspecified atom stereocenters. The van der Waals surface area contributed by atoms with Crippen LogP contribution in [0, 0.1) is 17.5 Å². The molecule has 15 aromatic rings. The Morgan fingerprint density at radius 1 is 0.433 bits per heavy atom. The number of para-hydroxylation sites is 3. The topological polar surface area (TPSA) is 240 Å². The van der Waals surface area contributed by atoms with E-state index < -0.39 is 17.5 Å². The molecule has 0 aliphatic rings. The SMILES string of the molecule is CCOCCC(C)c1cnc2c(NCCc3c[nH]c4ccccc34)nc(-c3cncc(F)c3)cn12.COCCC(C)c1cnc2c(NCCc3c[nH]c4ccccc34)nc(-c3cncc(F)c3)cn12.COCCCC(C)c1cnc2c(NCCc3c[nH]c4ccccc34)nc(-c3cncc(F)c3)cn12. The van der Waals surface area contributed by atoms with Crippen molar-refractivity contribution in [3.05, 3.63) is 235 Å². The highest BCUT2D eigenvalue weighted by Crippen LogP contribution is 2.33. The zero-order valence-electron chi connectivity index (χ0n) is 59.2. The lowest BCUT2D eigenvalue weighted by molar-refractivity contribution is 0.140. The fraction of sp³-hybridized carbons (Fsp3) is 0.287. The lowest BCUT2D eigenvalue weighted by Crippen LogP contribution is -2.10. The Balaban J connectivity index is 0.000000139. The normalized spacial score (nSPS) is 12.4. The van der Waals surface area contributed by atoms with Crippen molar-refractivity contribution in [2.24, 2.45) is 0 Å². The highest BCUT2D eigenvalue weighted by atomic mass is 19.1. The molecule has 0 amide bonds. The molecule has 24 heteroatoms. The molecule has 12 aromatic heterocycles. The smallest absolute Gasteiger partial charge is 0.180 e. The zero-order valence-corrected chi connectivity index (χ0v) is 59.2. The summed E-state index contributed by atoms with van der Waals surface area (Å²) >= 11 is 0. The molecule has 6 N–H and O–H groups in total. The number of pyridine rings is 3. The van der Waals surface area contributed by atoms with Gasteiger partial charge in [0.2, 0.25) is 0 Å². The van der Waals surface area contributed by atoms with Gasteiger partial charge in [0.15, 0.2) is 34.4 Å². The number of hydrogen-bond donors (Lipinski definition) is 6. The van der Waals surface area contributed by atoms with Crippen LogP contribution in [0.15, 0.2) is 184 Å². The predicted molar refractivity (Wildman–Crippen MR) is 404 cm³/mol. The van der Waals surface area contributed by atoms with Gasteiger partial charge in [-0.15, -0.1) is 0 Å². The van der Waals surface area contributed by atoms with Crippen LogP contribution in [0.2, 0.25) is 0 Å². The highest BCUT2D eigenvalue weighted by molar-refractivity contribution is 5.85. The third kappa shape index (κ3) is 16.6. The molecule has 0 saturated heterocycles. The Kier molecular flexibility index (Phi) is 23.0. The van der Waals surface area contributed by atoms with Gasteiger partial charge in [-0.2, -0.15) is 0 Å². The minimum atomic E-state index is -0.396. The van der Waals surface area contributed by atoms with E-state index in [1.807, 2.05) is 78.8 Å². The van der Waals surface area contributed by atoms with Crippen molar-refractivity contribution in [3.63, 3.8) is 0 Å². The molecule has 534 valence electrons. The monoisotopic (exact) mass is 1400 g/mol. The number of halogens is 3. The molecule has 104 heavy (non-hydrogen) atoms. The van der Waals surface area contributed by atoms with Gasteiger partial charge in [-0.1, -0.05) is 75.4 Å². The average Bonchev–Trinajstić information content (AvgIpc) is 1.60. The van der Waals surface area contributed by atoms with Crippen LogP contribution in [0.5, 0.6) is 0 Å². The van der Waals surface area contributed by atoms with Gasteiger partial charge >= 0.3 is 0 Å². The fourth-order valence-corrected chi connectivity index (χ4v) is 13.2. The van der Waals surface area contributed by atoms with Crippen LogP contribution in [0.4, 0.5) is 30.6 Å². The Bertz CT molecular complexity index is 5130. The van der Waals surface area contributed by atoms with E-state index in [0.29, 0.717) is 90.7 Å². The maximum Gasteiger partial charge on any atom is 0.180 e. The number of benzene rings is 3. The minimum absolute atomic E-state index is 0.231. The van der Waals surface area contributed by atoms with E-state index in [0.717, 1.165) is 102 Å². The summed E-state index contributed by atoms with van der Waals surface area (Å²) in [7, 11) is 3.42. The Hall–Kier alpha value is -11.3. The van der Waals surface area contributed by atoms with E-state index in [-0.39, 0.29) is 17.8 Å². The largest absolute Gasteiger partial charge is 0.385 e. The van der Waals surface area contributed by atoms with Crippen LogP contribution in [-0.2, 0) is 33.5 Å². The van der Waals surface area contributed by atoms with E-state index in [1.54, 1.807) is 32.8 Å². The number of aromatic amines is 3. The Morgan fingerprint density at radius 3 is 1.12 bits per heavy atom. The minimum Gasteiger partial charge on any atom is -0.385 e. The van der Waals surface area contributed by atoms with Gasteiger partial charge in [0.1, 0.15) is 17.5 Å². The number of nitrogens with one attached hydrogen (secondary N) is 6. The van der Waals surface area contributed by atoms with Gasteiger partial charge in [-0.3, -0.25) is 28.2 Å². The van der Waals surface area contributed by atoms with Crippen LogP contribution in [0.3, 0.4) is 0 Å². The van der Waals surface area contributed by atoms with Crippen molar-refractivity contribution >= 4 is 67.1 Å². The van der Waals surface area contributed by atoms with Crippen molar-refractivity contribution in [3.8, 4) is 33.8 Å². The van der Waals surface area contributed by atoms with Crippen molar-refractivity contribution < 1.29 is 27.4 Å². The zero-order chi connectivity index (χ0) is 71.9. The van der Waals surface area contributed by atoms with E-state index in [2.05, 4.69) is 146 Å².